The molecule has 0 saturated carbocycles. The summed E-state index contributed by atoms with van der Waals surface area (Å²) >= 11 is 0. The Morgan fingerprint density at radius 3 is 2.62 bits per heavy atom. The van der Waals surface area contributed by atoms with Gasteiger partial charge in [0.2, 0.25) is 5.91 Å². The van der Waals surface area contributed by atoms with Crippen molar-refractivity contribution in [2.45, 2.75) is 25.8 Å². The van der Waals surface area contributed by atoms with Crippen LogP contribution in [0.5, 0.6) is 5.75 Å². The van der Waals surface area contributed by atoms with Gasteiger partial charge in [0.05, 0.1) is 13.2 Å². The van der Waals surface area contributed by atoms with Crippen LogP contribution in [0.3, 0.4) is 0 Å². The minimum atomic E-state index is -0.866. The first-order valence-corrected chi connectivity index (χ1v) is 7.24. The topological polar surface area (TPSA) is 64.8 Å². The summed E-state index contributed by atoms with van der Waals surface area (Å²) in [6.45, 7) is 5.87. The minimum absolute atomic E-state index is 0.0796. The van der Waals surface area contributed by atoms with Gasteiger partial charge in [-0.3, -0.25) is 4.79 Å². The number of likely N-dealkylation sites (N-methyl/N-ethyl adjacent to an activating group) is 1. The first-order chi connectivity index (χ1) is 9.90. The molecule has 5 nitrogen and oxygen atoms in total. The second-order valence-electron chi connectivity index (χ2n) is 5.86. The lowest BCUT2D eigenvalue weighted by Gasteiger charge is -2.27. The lowest BCUT2D eigenvalue weighted by molar-refractivity contribution is -0.136. The number of nitrogens with two attached hydrogens (primary N) is 1. The Morgan fingerprint density at radius 1 is 1.38 bits per heavy atom. The molecule has 1 amide bonds. The van der Waals surface area contributed by atoms with E-state index in [1.54, 1.807) is 11.9 Å². The van der Waals surface area contributed by atoms with E-state index in [0.29, 0.717) is 32.8 Å². The fourth-order valence-corrected chi connectivity index (χ4v) is 2.55. The average Bonchev–Trinajstić information content (AvgIpc) is 2.85. The summed E-state index contributed by atoms with van der Waals surface area (Å²) in [7, 11) is 1.75. The maximum atomic E-state index is 12.3. The number of hydrogen-bond donors (Lipinski definition) is 1. The predicted octanol–water partition coefficient (Wildman–Crippen LogP) is 1.26. The molecule has 1 saturated heterocycles. The highest BCUT2D eigenvalue weighted by Gasteiger charge is 2.39. The van der Waals surface area contributed by atoms with Crippen LogP contribution < -0.4 is 10.5 Å². The molecule has 1 aliphatic rings. The van der Waals surface area contributed by atoms with Crippen molar-refractivity contribution in [3.8, 4) is 5.75 Å². The van der Waals surface area contributed by atoms with E-state index in [9.17, 15) is 4.79 Å². The van der Waals surface area contributed by atoms with E-state index in [1.165, 1.54) is 11.1 Å². The Kier molecular flexibility index (Phi) is 4.85. The summed E-state index contributed by atoms with van der Waals surface area (Å²) in [6.07, 6.45) is 0.577. The number of ether oxygens (including phenoxy) is 2. The molecule has 21 heavy (non-hydrogen) atoms. The SMILES string of the molecule is Cc1cc(C)cc(OCCN(C)C(=O)C2(N)CCOC2)c1. The summed E-state index contributed by atoms with van der Waals surface area (Å²) < 4.78 is 10.9. The van der Waals surface area contributed by atoms with Crippen LogP contribution in [0.25, 0.3) is 0 Å². The Morgan fingerprint density at radius 2 is 2.05 bits per heavy atom. The van der Waals surface area contributed by atoms with Crippen molar-refractivity contribution in [2.75, 3.05) is 33.4 Å². The van der Waals surface area contributed by atoms with Gasteiger partial charge in [0.25, 0.3) is 0 Å². The van der Waals surface area contributed by atoms with Gasteiger partial charge in [0.1, 0.15) is 17.9 Å². The van der Waals surface area contributed by atoms with E-state index < -0.39 is 5.54 Å². The Labute approximate surface area is 126 Å². The van der Waals surface area contributed by atoms with Gasteiger partial charge in [0, 0.05) is 13.7 Å². The van der Waals surface area contributed by atoms with E-state index in [-0.39, 0.29) is 5.91 Å². The normalized spacial score (nSPS) is 21.3. The van der Waals surface area contributed by atoms with Crippen molar-refractivity contribution >= 4 is 5.91 Å². The number of carbonyl (C=O) groups is 1. The monoisotopic (exact) mass is 292 g/mol. The van der Waals surface area contributed by atoms with Gasteiger partial charge >= 0.3 is 0 Å². The molecule has 1 fully saturated rings. The zero-order valence-corrected chi connectivity index (χ0v) is 13.0. The first kappa shape index (κ1) is 15.8. The first-order valence-electron chi connectivity index (χ1n) is 7.24. The minimum Gasteiger partial charge on any atom is -0.492 e. The van der Waals surface area contributed by atoms with Crippen molar-refractivity contribution < 1.29 is 14.3 Å². The van der Waals surface area contributed by atoms with Crippen molar-refractivity contribution in [1.82, 2.24) is 4.90 Å². The van der Waals surface area contributed by atoms with E-state index in [1.807, 2.05) is 26.0 Å². The van der Waals surface area contributed by atoms with Gasteiger partial charge in [-0.1, -0.05) is 6.07 Å². The van der Waals surface area contributed by atoms with Crippen molar-refractivity contribution in [3.63, 3.8) is 0 Å². The van der Waals surface area contributed by atoms with Crippen LogP contribution in [0, 0.1) is 13.8 Å². The summed E-state index contributed by atoms with van der Waals surface area (Å²) in [4.78, 5) is 13.9. The van der Waals surface area contributed by atoms with Gasteiger partial charge in [-0.25, -0.2) is 0 Å². The molecule has 0 spiro atoms. The molecular weight excluding hydrogens is 268 g/mol. The molecular formula is C16H24N2O3. The number of rotatable bonds is 5. The number of hydrogen-bond acceptors (Lipinski definition) is 4. The van der Waals surface area contributed by atoms with Gasteiger partial charge in [-0.05, 0) is 43.5 Å². The highest BCUT2D eigenvalue weighted by molar-refractivity contribution is 5.86. The quantitative estimate of drug-likeness (QED) is 0.887. The molecule has 2 rings (SSSR count). The maximum Gasteiger partial charge on any atom is 0.245 e. The van der Waals surface area contributed by atoms with Gasteiger partial charge in [-0.15, -0.1) is 0 Å². The van der Waals surface area contributed by atoms with Gasteiger partial charge in [0.15, 0.2) is 0 Å². The van der Waals surface area contributed by atoms with Crippen LogP contribution in [-0.4, -0.2) is 49.8 Å². The summed E-state index contributed by atoms with van der Waals surface area (Å²) in [5.74, 6) is 0.754. The fourth-order valence-electron chi connectivity index (χ4n) is 2.55. The van der Waals surface area contributed by atoms with E-state index >= 15 is 0 Å². The smallest absolute Gasteiger partial charge is 0.245 e. The molecule has 2 N–H and O–H groups in total. The second-order valence-corrected chi connectivity index (χ2v) is 5.86. The summed E-state index contributed by atoms with van der Waals surface area (Å²) in [6, 6.07) is 6.08. The number of amides is 1. The number of nitrogens with zero attached hydrogens (tertiary/aromatic N) is 1. The van der Waals surface area contributed by atoms with Crippen LogP contribution in [0.2, 0.25) is 0 Å². The largest absolute Gasteiger partial charge is 0.492 e. The second kappa shape index (κ2) is 6.45. The van der Waals surface area contributed by atoms with Crippen LogP contribution in [0.15, 0.2) is 18.2 Å². The molecule has 1 atom stereocenters. The third-order valence-corrected chi connectivity index (χ3v) is 3.72. The lowest BCUT2D eigenvalue weighted by atomic mass is 9.99. The molecule has 0 aliphatic carbocycles. The Balaban J connectivity index is 1.83. The van der Waals surface area contributed by atoms with Crippen LogP contribution in [0.1, 0.15) is 17.5 Å². The Hall–Kier alpha value is -1.59. The van der Waals surface area contributed by atoms with E-state index in [0.717, 1.165) is 5.75 Å². The summed E-state index contributed by atoms with van der Waals surface area (Å²) in [5, 5.41) is 0. The third kappa shape index (κ3) is 3.95. The summed E-state index contributed by atoms with van der Waals surface area (Å²) in [5.41, 5.74) is 7.53. The van der Waals surface area contributed by atoms with E-state index in [2.05, 4.69) is 6.07 Å². The van der Waals surface area contributed by atoms with Crippen LogP contribution in [0.4, 0.5) is 0 Å². The zero-order chi connectivity index (χ0) is 15.5. The van der Waals surface area contributed by atoms with Crippen LogP contribution >= 0.6 is 0 Å². The molecule has 116 valence electrons. The van der Waals surface area contributed by atoms with Crippen molar-refractivity contribution in [3.05, 3.63) is 29.3 Å². The lowest BCUT2D eigenvalue weighted by Crippen LogP contribution is -2.55. The molecule has 1 unspecified atom stereocenters. The van der Waals surface area contributed by atoms with E-state index in [4.69, 9.17) is 15.2 Å². The molecule has 5 heteroatoms. The molecule has 1 aliphatic heterocycles. The Bertz CT molecular complexity index is 490. The molecule has 1 aromatic carbocycles. The van der Waals surface area contributed by atoms with Crippen molar-refractivity contribution in [2.24, 2.45) is 5.73 Å². The average molecular weight is 292 g/mol. The van der Waals surface area contributed by atoms with Crippen LogP contribution in [-0.2, 0) is 9.53 Å². The molecule has 1 heterocycles. The maximum absolute atomic E-state index is 12.3. The zero-order valence-electron chi connectivity index (χ0n) is 13.0. The standard InChI is InChI=1S/C16H24N2O3/c1-12-8-13(2)10-14(9-12)21-7-5-18(3)15(19)16(17)4-6-20-11-16/h8-10H,4-7,11,17H2,1-3H3. The molecule has 0 bridgehead atoms. The fraction of sp³-hybridized carbons (Fsp3) is 0.562. The number of benzene rings is 1. The van der Waals surface area contributed by atoms with Gasteiger partial charge in [-0.2, -0.15) is 0 Å². The predicted molar refractivity (Wildman–Crippen MR) is 81.4 cm³/mol. The number of carbonyl (C=O) groups excluding carboxylic acids is 1. The highest BCUT2D eigenvalue weighted by Crippen LogP contribution is 2.18. The number of aryl methyl sites for hydroxylation is 2. The molecule has 0 radical (unpaired) electrons. The third-order valence-electron chi connectivity index (χ3n) is 3.72. The van der Waals surface area contributed by atoms with Gasteiger partial charge < -0.3 is 20.1 Å². The molecule has 0 aromatic heterocycles. The highest BCUT2D eigenvalue weighted by atomic mass is 16.5. The van der Waals surface area contributed by atoms with Crippen molar-refractivity contribution in [1.29, 1.82) is 0 Å². The molecule has 1 aromatic rings.